The summed E-state index contributed by atoms with van der Waals surface area (Å²) in [4.78, 5) is 12.9. The number of rotatable bonds is 9. The molecule has 0 spiro atoms. The van der Waals surface area contributed by atoms with Crippen LogP contribution in [0, 0.1) is 5.41 Å². The van der Waals surface area contributed by atoms with Crippen LogP contribution in [0.2, 0.25) is 0 Å². The van der Waals surface area contributed by atoms with E-state index in [1.165, 1.54) is 25.7 Å². The van der Waals surface area contributed by atoms with Crippen LogP contribution in [0.15, 0.2) is 42.0 Å². The fraction of sp³-hybridized carbons (Fsp3) is 0.571. The number of nitrogens with zero attached hydrogens (tertiary/aromatic N) is 4. The van der Waals surface area contributed by atoms with Crippen LogP contribution in [0.25, 0.3) is 5.82 Å². The molecule has 0 atom stereocenters. The largest absolute Gasteiger partial charge is 0.382 e. The molecule has 2 heterocycles. The zero-order chi connectivity index (χ0) is 19.7. The first-order valence-electron chi connectivity index (χ1n) is 10.2. The molecular formula is C21H32N6O. The highest BCUT2D eigenvalue weighted by Crippen LogP contribution is 2.40. The van der Waals surface area contributed by atoms with Crippen molar-refractivity contribution >= 4 is 5.96 Å². The zero-order valence-electron chi connectivity index (χ0n) is 17.0. The quantitative estimate of drug-likeness (QED) is 0.395. The van der Waals surface area contributed by atoms with Crippen LogP contribution in [0.5, 0.6) is 0 Å². The fourth-order valence-electron chi connectivity index (χ4n) is 3.86. The van der Waals surface area contributed by atoms with Gasteiger partial charge < -0.3 is 15.4 Å². The predicted molar refractivity (Wildman–Crippen MR) is 112 cm³/mol. The Balaban J connectivity index is 1.52. The minimum absolute atomic E-state index is 0.331. The summed E-state index contributed by atoms with van der Waals surface area (Å²) in [5.41, 5.74) is 1.48. The summed E-state index contributed by atoms with van der Waals surface area (Å²) < 4.78 is 7.52. The standard InChI is InChI=1S/C21H32N6O/c1-3-28-13-9-21(7-4-5-8-21)16-26-20(22-2)25-15-18-6-10-24-19(14-18)27-12-11-23-17-27/h6,10-12,14,17H,3-5,7-9,13,15-16H2,1-2H3,(H2,22,25,26). The van der Waals surface area contributed by atoms with Gasteiger partial charge in [0.2, 0.25) is 0 Å². The molecule has 2 aromatic heterocycles. The third-order valence-electron chi connectivity index (χ3n) is 5.54. The second-order valence-corrected chi connectivity index (χ2v) is 7.43. The summed E-state index contributed by atoms with van der Waals surface area (Å²) in [5, 5.41) is 6.97. The second-order valence-electron chi connectivity index (χ2n) is 7.43. The molecule has 7 heteroatoms. The van der Waals surface area contributed by atoms with E-state index in [1.807, 2.05) is 30.1 Å². The molecule has 0 radical (unpaired) electrons. The van der Waals surface area contributed by atoms with Crippen molar-refractivity contribution in [3.8, 4) is 5.82 Å². The van der Waals surface area contributed by atoms with Crippen molar-refractivity contribution in [1.29, 1.82) is 0 Å². The minimum Gasteiger partial charge on any atom is -0.382 e. The van der Waals surface area contributed by atoms with E-state index in [0.717, 1.165) is 43.5 Å². The maximum Gasteiger partial charge on any atom is 0.191 e. The molecule has 2 N–H and O–H groups in total. The van der Waals surface area contributed by atoms with Gasteiger partial charge in [-0.3, -0.25) is 9.56 Å². The van der Waals surface area contributed by atoms with Gasteiger partial charge in [0.05, 0.1) is 0 Å². The Kier molecular flexibility index (Phi) is 7.42. The van der Waals surface area contributed by atoms with Crippen LogP contribution in [0.3, 0.4) is 0 Å². The van der Waals surface area contributed by atoms with Crippen molar-refractivity contribution in [2.24, 2.45) is 10.4 Å². The van der Waals surface area contributed by atoms with Crippen LogP contribution in [-0.2, 0) is 11.3 Å². The molecule has 0 unspecified atom stereocenters. The third-order valence-corrected chi connectivity index (χ3v) is 5.54. The lowest BCUT2D eigenvalue weighted by Gasteiger charge is -2.30. The first kappa shape index (κ1) is 20.3. The molecule has 2 aromatic rings. The Morgan fingerprint density at radius 1 is 1.29 bits per heavy atom. The summed E-state index contributed by atoms with van der Waals surface area (Å²) in [5.74, 6) is 1.70. The molecule has 0 aromatic carbocycles. The Bertz CT molecular complexity index is 737. The second kappa shape index (κ2) is 10.2. The van der Waals surface area contributed by atoms with E-state index in [4.69, 9.17) is 4.74 Å². The molecule has 152 valence electrons. The maximum atomic E-state index is 5.61. The normalized spacial score (nSPS) is 16.3. The van der Waals surface area contributed by atoms with Gasteiger partial charge in [-0.2, -0.15) is 0 Å². The third kappa shape index (κ3) is 5.55. The number of hydrogen-bond acceptors (Lipinski definition) is 4. The Morgan fingerprint density at radius 3 is 2.86 bits per heavy atom. The molecule has 0 saturated heterocycles. The molecule has 28 heavy (non-hydrogen) atoms. The van der Waals surface area contributed by atoms with Crippen molar-refractivity contribution in [1.82, 2.24) is 25.2 Å². The van der Waals surface area contributed by atoms with Crippen molar-refractivity contribution in [2.75, 3.05) is 26.8 Å². The molecule has 0 bridgehead atoms. The van der Waals surface area contributed by atoms with Crippen molar-refractivity contribution < 1.29 is 4.74 Å². The monoisotopic (exact) mass is 384 g/mol. The molecular weight excluding hydrogens is 352 g/mol. The topological polar surface area (TPSA) is 76.4 Å². The number of ether oxygens (including phenoxy) is 1. The molecule has 7 nitrogen and oxygen atoms in total. The van der Waals surface area contributed by atoms with Crippen molar-refractivity contribution in [2.45, 2.75) is 45.6 Å². The summed E-state index contributed by atoms with van der Waals surface area (Å²) in [6.07, 6.45) is 13.5. The van der Waals surface area contributed by atoms with Gasteiger partial charge in [0.1, 0.15) is 12.1 Å². The maximum absolute atomic E-state index is 5.61. The highest BCUT2D eigenvalue weighted by atomic mass is 16.5. The van der Waals surface area contributed by atoms with Crippen LogP contribution in [-0.4, -0.2) is 47.3 Å². The first-order chi connectivity index (χ1) is 13.7. The Morgan fingerprint density at radius 2 is 2.14 bits per heavy atom. The fourth-order valence-corrected chi connectivity index (χ4v) is 3.86. The highest BCUT2D eigenvalue weighted by Gasteiger charge is 2.33. The summed E-state index contributed by atoms with van der Waals surface area (Å²) in [7, 11) is 1.82. The van der Waals surface area contributed by atoms with E-state index >= 15 is 0 Å². The molecule has 1 aliphatic carbocycles. The molecule has 0 aliphatic heterocycles. The average Bonchev–Trinajstić information content (AvgIpc) is 3.41. The Hall–Kier alpha value is -2.41. The number of pyridine rings is 1. The number of aliphatic imine (C=N–C) groups is 1. The van der Waals surface area contributed by atoms with Crippen LogP contribution >= 0.6 is 0 Å². The lowest BCUT2D eigenvalue weighted by Crippen LogP contribution is -2.43. The number of hydrogen-bond donors (Lipinski definition) is 2. The molecule has 3 rings (SSSR count). The molecule has 0 amide bonds. The molecule has 1 fully saturated rings. The number of nitrogens with one attached hydrogen (secondary N) is 2. The highest BCUT2D eigenvalue weighted by molar-refractivity contribution is 5.79. The number of aromatic nitrogens is 3. The SMILES string of the molecule is CCOCCC1(CNC(=NC)NCc2ccnc(-n3ccnc3)c2)CCCC1. The first-order valence-corrected chi connectivity index (χ1v) is 10.2. The lowest BCUT2D eigenvalue weighted by atomic mass is 9.83. The van der Waals surface area contributed by atoms with E-state index in [0.29, 0.717) is 12.0 Å². The van der Waals surface area contributed by atoms with Crippen LogP contribution in [0.4, 0.5) is 0 Å². The van der Waals surface area contributed by atoms with Crippen LogP contribution < -0.4 is 10.6 Å². The van der Waals surface area contributed by atoms with Gasteiger partial charge in [-0.1, -0.05) is 12.8 Å². The summed E-state index contributed by atoms with van der Waals surface area (Å²) >= 11 is 0. The zero-order valence-corrected chi connectivity index (χ0v) is 17.0. The van der Waals surface area contributed by atoms with Gasteiger partial charge in [-0.15, -0.1) is 0 Å². The van der Waals surface area contributed by atoms with Crippen LogP contribution in [0.1, 0.15) is 44.6 Å². The van der Waals surface area contributed by atoms with Gasteiger partial charge in [0, 0.05) is 51.9 Å². The van der Waals surface area contributed by atoms with Gasteiger partial charge in [0.15, 0.2) is 5.96 Å². The predicted octanol–water partition coefficient (Wildman–Crippen LogP) is 2.92. The Labute approximate surface area is 167 Å². The lowest BCUT2D eigenvalue weighted by molar-refractivity contribution is 0.105. The summed E-state index contributed by atoms with van der Waals surface area (Å²) in [6, 6.07) is 4.07. The van der Waals surface area contributed by atoms with E-state index in [1.54, 1.807) is 12.5 Å². The van der Waals surface area contributed by atoms with Crippen molar-refractivity contribution in [3.63, 3.8) is 0 Å². The average molecular weight is 385 g/mol. The van der Waals surface area contributed by atoms with Gasteiger partial charge in [-0.25, -0.2) is 9.97 Å². The van der Waals surface area contributed by atoms with Crippen molar-refractivity contribution in [3.05, 3.63) is 42.6 Å². The van der Waals surface area contributed by atoms with Gasteiger partial charge in [0.25, 0.3) is 0 Å². The number of guanidine groups is 1. The van der Waals surface area contributed by atoms with Gasteiger partial charge >= 0.3 is 0 Å². The minimum atomic E-state index is 0.331. The molecule has 1 saturated carbocycles. The smallest absolute Gasteiger partial charge is 0.191 e. The van der Waals surface area contributed by atoms with E-state index in [9.17, 15) is 0 Å². The van der Waals surface area contributed by atoms with Gasteiger partial charge in [-0.05, 0) is 49.3 Å². The van der Waals surface area contributed by atoms with E-state index in [-0.39, 0.29) is 0 Å². The molecule has 1 aliphatic rings. The summed E-state index contributed by atoms with van der Waals surface area (Å²) in [6.45, 7) is 5.33. The number of imidazole rings is 1. The van der Waals surface area contributed by atoms with E-state index < -0.39 is 0 Å². The van der Waals surface area contributed by atoms with E-state index in [2.05, 4.69) is 38.6 Å².